The molecule has 0 spiro atoms. The Morgan fingerprint density at radius 1 is 1.26 bits per heavy atom. The maximum atomic E-state index is 12.2. The molecule has 1 saturated heterocycles. The summed E-state index contributed by atoms with van der Waals surface area (Å²) in [5.41, 5.74) is 6.24. The Morgan fingerprint density at radius 3 is 2.57 bits per heavy atom. The fourth-order valence-electron chi connectivity index (χ4n) is 4.01. The van der Waals surface area contributed by atoms with E-state index in [9.17, 15) is 4.79 Å². The Bertz CT molecular complexity index is 367. The summed E-state index contributed by atoms with van der Waals surface area (Å²) in [5.74, 6) is 1.59. The number of likely N-dealkylation sites (tertiary alicyclic amines) is 1. The van der Waals surface area contributed by atoms with E-state index in [-0.39, 0.29) is 31.0 Å². The maximum absolute atomic E-state index is 12.2. The molecule has 1 amide bonds. The Labute approximate surface area is 140 Å². The highest BCUT2D eigenvalue weighted by Crippen LogP contribution is 2.31. The molecule has 23 heavy (non-hydrogen) atoms. The van der Waals surface area contributed by atoms with Crippen LogP contribution >= 0.6 is 0 Å². The van der Waals surface area contributed by atoms with Crippen LogP contribution in [0.15, 0.2) is 0 Å². The van der Waals surface area contributed by atoms with E-state index in [0.717, 1.165) is 44.1 Å². The van der Waals surface area contributed by atoms with Gasteiger partial charge in [-0.25, -0.2) is 0 Å². The van der Waals surface area contributed by atoms with Gasteiger partial charge >= 0.3 is 0 Å². The number of hydrogen-bond acceptors (Lipinski definition) is 4. The van der Waals surface area contributed by atoms with Crippen LogP contribution in [0.1, 0.15) is 58.8 Å². The fraction of sp³-hybridized carbons (Fsp3) is 0.944. The minimum atomic E-state index is -0.0998. The van der Waals surface area contributed by atoms with Crippen molar-refractivity contribution in [1.82, 2.24) is 4.90 Å². The number of aliphatic hydroxyl groups is 1. The number of carbonyl (C=O) groups is 1. The van der Waals surface area contributed by atoms with Crippen molar-refractivity contribution in [3.8, 4) is 0 Å². The van der Waals surface area contributed by atoms with Crippen molar-refractivity contribution in [3.63, 3.8) is 0 Å². The lowest BCUT2D eigenvalue weighted by atomic mass is 9.80. The zero-order valence-corrected chi connectivity index (χ0v) is 14.7. The molecule has 2 rings (SSSR count). The number of aliphatic hydroxyl groups excluding tert-OH is 1. The van der Waals surface area contributed by atoms with Gasteiger partial charge in [-0.2, -0.15) is 0 Å². The van der Waals surface area contributed by atoms with Gasteiger partial charge in [-0.05, 0) is 50.4 Å². The van der Waals surface area contributed by atoms with Crippen molar-refractivity contribution in [2.45, 2.75) is 77.0 Å². The standard InChI is InChI=1S/C18H34N2O3/c1-13(2)14-5-7-15(8-6-14)23-12-17-16(19)4-3-10-20(17)18(22)9-11-21/h13-17,21H,3-12,19H2,1-2H3. The third kappa shape index (κ3) is 5.16. The molecular weight excluding hydrogens is 292 g/mol. The molecule has 0 bridgehead atoms. The van der Waals surface area contributed by atoms with Crippen LogP contribution in [0, 0.1) is 11.8 Å². The van der Waals surface area contributed by atoms with Crippen molar-refractivity contribution >= 4 is 5.91 Å². The Kier molecular flexibility index (Phi) is 7.31. The number of amides is 1. The predicted molar refractivity (Wildman–Crippen MR) is 90.9 cm³/mol. The van der Waals surface area contributed by atoms with E-state index in [2.05, 4.69) is 13.8 Å². The fourth-order valence-corrected chi connectivity index (χ4v) is 4.01. The molecule has 2 atom stereocenters. The zero-order valence-electron chi connectivity index (χ0n) is 14.7. The number of rotatable bonds is 6. The van der Waals surface area contributed by atoms with Crippen LogP contribution in [-0.2, 0) is 9.53 Å². The summed E-state index contributed by atoms with van der Waals surface area (Å²) in [6.45, 7) is 5.78. The van der Waals surface area contributed by atoms with E-state index in [4.69, 9.17) is 15.6 Å². The van der Waals surface area contributed by atoms with Gasteiger partial charge in [0.05, 0.1) is 25.4 Å². The van der Waals surface area contributed by atoms with E-state index >= 15 is 0 Å². The molecule has 2 aliphatic rings. The Morgan fingerprint density at radius 2 is 1.96 bits per heavy atom. The third-order valence-corrected chi connectivity index (χ3v) is 5.64. The van der Waals surface area contributed by atoms with Crippen molar-refractivity contribution in [1.29, 1.82) is 0 Å². The highest BCUT2D eigenvalue weighted by molar-refractivity contribution is 5.76. The summed E-state index contributed by atoms with van der Waals surface area (Å²) in [4.78, 5) is 14.0. The van der Waals surface area contributed by atoms with Gasteiger partial charge in [0.2, 0.25) is 5.91 Å². The molecule has 2 fully saturated rings. The van der Waals surface area contributed by atoms with Gasteiger partial charge in [-0.15, -0.1) is 0 Å². The Balaban J connectivity index is 1.83. The molecule has 3 N–H and O–H groups in total. The second kappa shape index (κ2) is 9.00. The molecule has 134 valence electrons. The molecule has 1 aliphatic carbocycles. The van der Waals surface area contributed by atoms with Gasteiger partial charge < -0.3 is 20.5 Å². The Hall–Kier alpha value is -0.650. The summed E-state index contributed by atoms with van der Waals surface area (Å²) in [5, 5.41) is 9.01. The van der Waals surface area contributed by atoms with Crippen LogP contribution in [0.3, 0.4) is 0 Å². The molecule has 2 unspecified atom stereocenters. The average Bonchev–Trinajstić information content (AvgIpc) is 2.54. The van der Waals surface area contributed by atoms with Gasteiger partial charge in [0.15, 0.2) is 0 Å². The molecule has 1 heterocycles. The number of nitrogens with two attached hydrogens (primary N) is 1. The van der Waals surface area contributed by atoms with Crippen molar-refractivity contribution in [3.05, 3.63) is 0 Å². The number of hydrogen-bond donors (Lipinski definition) is 2. The van der Waals surface area contributed by atoms with Gasteiger partial charge in [0, 0.05) is 19.0 Å². The first kappa shape index (κ1) is 18.7. The minimum Gasteiger partial charge on any atom is -0.396 e. The summed E-state index contributed by atoms with van der Waals surface area (Å²) in [6.07, 6.45) is 7.10. The lowest BCUT2D eigenvalue weighted by molar-refractivity contribution is -0.139. The van der Waals surface area contributed by atoms with Crippen LogP contribution < -0.4 is 5.73 Å². The number of carbonyl (C=O) groups excluding carboxylic acids is 1. The lowest BCUT2D eigenvalue weighted by Crippen LogP contribution is -2.56. The maximum Gasteiger partial charge on any atom is 0.225 e. The highest BCUT2D eigenvalue weighted by atomic mass is 16.5. The van der Waals surface area contributed by atoms with Gasteiger partial charge in [0.25, 0.3) is 0 Å². The molecule has 1 aliphatic heterocycles. The second-order valence-corrected chi connectivity index (χ2v) is 7.55. The largest absolute Gasteiger partial charge is 0.396 e. The van der Waals surface area contributed by atoms with Crippen LogP contribution in [0.4, 0.5) is 0 Å². The summed E-state index contributed by atoms with van der Waals surface area (Å²) in [6, 6.07) is -0.0518. The smallest absolute Gasteiger partial charge is 0.225 e. The predicted octanol–water partition coefficient (Wildman–Crippen LogP) is 1.92. The molecule has 5 nitrogen and oxygen atoms in total. The van der Waals surface area contributed by atoms with Crippen molar-refractivity contribution in [2.24, 2.45) is 17.6 Å². The molecule has 1 saturated carbocycles. The third-order valence-electron chi connectivity index (χ3n) is 5.64. The highest BCUT2D eigenvalue weighted by Gasteiger charge is 2.33. The van der Waals surface area contributed by atoms with Gasteiger partial charge in [-0.3, -0.25) is 4.79 Å². The second-order valence-electron chi connectivity index (χ2n) is 7.55. The molecular formula is C18H34N2O3. The number of nitrogens with zero attached hydrogens (tertiary/aromatic N) is 1. The molecule has 0 radical (unpaired) electrons. The van der Waals surface area contributed by atoms with Gasteiger partial charge in [-0.1, -0.05) is 13.8 Å². The normalized spacial score (nSPS) is 32.3. The van der Waals surface area contributed by atoms with Crippen molar-refractivity contribution < 1.29 is 14.6 Å². The van der Waals surface area contributed by atoms with Crippen LogP contribution in [-0.4, -0.2) is 53.9 Å². The number of piperidine rings is 1. The summed E-state index contributed by atoms with van der Waals surface area (Å²) < 4.78 is 6.14. The first-order chi connectivity index (χ1) is 11.0. The molecule has 0 aromatic carbocycles. The lowest BCUT2D eigenvalue weighted by Gasteiger charge is -2.41. The SMILES string of the molecule is CC(C)C1CCC(OCC2C(N)CCCN2C(=O)CCO)CC1. The number of ether oxygens (including phenoxy) is 1. The molecule has 0 aromatic rings. The zero-order chi connectivity index (χ0) is 16.8. The minimum absolute atomic E-state index is 0.000217. The van der Waals surface area contributed by atoms with E-state index < -0.39 is 0 Å². The van der Waals surface area contributed by atoms with E-state index in [1.165, 1.54) is 12.8 Å². The topological polar surface area (TPSA) is 75.8 Å². The average molecular weight is 326 g/mol. The summed E-state index contributed by atoms with van der Waals surface area (Å²) in [7, 11) is 0. The van der Waals surface area contributed by atoms with Crippen LogP contribution in [0.2, 0.25) is 0 Å². The van der Waals surface area contributed by atoms with E-state index in [1.807, 2.05) is 4.90 Å². The van der Waals surface area contributed by atoms with Crippen LogP contribution in [0.5, 0.6) is 0 Å². The quantitative estimate of drug-likeness (QED) is 0.782. The summed E-state index contributed by atoms with van der Waals surface area (Å²) >= 11 is 0. The first-order valence-corrected chi connectivity index (χ1v) is 9.30. The monoisotopic (exact) mass is 326 g/mol. The molecule has 0 aromatic heterocycles. The van der Waals surface area contributed by atoms with Crippen molar-refractivity contribution in [2.75, 3.05) is 19.8 Å². The van der Waals surface area contributed by atoms with E-state index in [1.54, 1.807) is 0 Å². The van der Waals surface area contributed by atoms with Gasteiger partial charge in [0.1, 0.15) is 0 Å². The molecule has 5 heteroatoms. The van der Waals surface area contributed by atoms with Crippen LogP contribution in [0.25, 0.3) is 0 Å². The first-order valence-electron chi connectivity index (χ1n) is 9.30. The van der Waals surface area contributed by atoms with E-state index in [0.29, 0.717) is 12.7 Å².